The monoisotopic (exact) mass is 334 g/mol. The van der Waals surface area contributed by atoms with Crippen LogP contribution < -0.4 is 5.32 Å². The second kappa shape index (κ2) is 7.05. The first-order valence-corrected chi connectivity index (χ1v) is 8.98. The minimum absolute atomic E-state index is 0.108. The Morgan fingerprint density at radius 2 is 2.00 bits per heavy atom. The predicted octanol–water partition coefficient (Wildman–Crippen LogP) is 4.31. The van der Waals surface area contributed by atoms with Crippen LogP contribution in [-0.4, -0.2) is 20.3 Å². The Labute approximate surface area is 147 Å². The van der Waals surface area contributed by atoms with E-state index in [1.165, 1.54) is 25.7 Å². The van der Waals surface area contributed by atoms with Crippen molar-refractivity contribution in [3.63, 3.8) is 0 Å². The zero-order chi connectivity index (χ0) is 17.1. The average molecular weight is 334 g/mol. The van der Waals surface area contributed by atoms with Gasteiger partial charge in [-0.3, -0.25) is 9.20 Å². The first-order valence-electron chi connectivity index (χ1n) is 8.98. The molecule has 0 atom stereocenters. The van der Waals surface area contributed by atoms with Gasteiger partial charge in [-0.05, 0) is 30.5 Å². The summed E-state index contributed by atoms with van der Waals surface area (Å²) >= 11 is 0. The molecule has 1 fully saturated rings. The molecule has 25 heavy (non-hydrogen) atoms. The van der Waals surface area contributed by atoms with E-state index in [9.17, 15) is 4.79 Å². The third-order valence-corrected chi connectivity index (χ3v) is 4.95. The van der Waals surface area contributed by atoms with E-state index in [1.807, 2.05) is 47.1 Å². The van der Waals surface area contributed by atoms with Gasteiger partial charge in [-0.1, -0.05) is 37.8 Å². The standard InChI is InChI=1S/C20H22N4O/c25-19(11-6-15-4-1-2-5-15)22-17-9-7-16(8-10-17)18-14-24-13-3-12-21-20(24)23-18/h3,7-10,12-15H,1-2,4-6,11H2,(H,22,25). The molecule has 5 heteroatoms. The molecule has 4 rings (SSSR count). The molecule has 128 valence electrons. The number of nitrogens with zero attached hydrogens (tertiary/aromatic N) is 3. The van der Waals surface area contributed by atoms with E-state index >= 15 is 0 Å². The lowest BCUT2D eigenvalue weighted by molar-refractivity contribution is -0.116. The molecule has 0 saturated heterocycles. The van der Waals surface area contributed by atoms with Gasteiger partial charge in [0, 0.05) is 36.3 Å². The normalized spacial score (nSPS) is 14.9. The van der Waals surface area contributed by atoms with E-state index in [-0.39, 0.29) is 5.91 Å². The summed E-state index contributed by atoms with van der Waals surface area (Å²) in [6.07, 6.45) is 12.5. The summed E-state index contributed by atoms with van der Waals surface area (Å²) < 4.78 is 1.90. The number of hydrogen-bond donors (Lipinski definition) is 1. The topological polar surface area (TPSA) is 59.3 Å². The Kier molecular flexibility index (Phi) is 4.46. The van der Waals surface area contributed by atoms with Crippen molar-refractivity contribution in [2.24, 2.45) is 5.92 Å². The number of carbonyl (C=O) groups is 1. The molecule has 1 amide bonds. The molecule has 1 aliphatic rings. The van der Waals surface area contributed by atoms with Crippen LogP contribution in [0.4, 0.5) is 5.69 Å². The molecule has 0 radical (unpaired) electrons. The van der Waals surface area contributed by atoms with Crippen LogP contribution in [0.5, 0.6) is 0 Å². The second-order valence-corrected chi connectivity index (χ2v) is 6.77. The lowest BCUT2D eigenvalue weighted by Crippen LogP contribution is -2.12. The second-order valence-electron chi connectivity index (χ2n) is 6.77. The number of hydrogen-bond acceptors (Lipinski definition) is 3. The van der Waals surface area contributed by atoms with E-state index in [2.05, 4.69) is 15.3 Å². The van der Waals surface area contributed by atoms with Crippen LogP contribution in [0.25, 0.3) is 17.0 Å². The lowest BCUT2D eigenvalue weighted by atomic mass is 10.0. The van der Waals surface area contributed by atoms with Crippen LogP contribution in [0.1, 0.15) is 38.5 Å². The van der Waals surface area contributed by atoms with E-state index in [0.29, 0.717) is 12.2 Å². The van der Waals surface area contributed by atoms with Crippen LogP contribution in [0, 0.1) is 5.92 Å². The van der Waals surface area contributed by atoms with E-state index < -0.39 is 0 Å². The summed E-state index contributed by atoms with van der Waals surface area (Å²) in [4.78, 5) is 20.9. The van der Waals surface area contributed by atoms with E-state index in [1.54, 1.807) is 6.20 Å². The highest BCUT2D eigenvalue weighted by atomic mass is 16.1. The van der Waals surface area contributed by atoms with E-state index in [4.69, 9.17) is 0 Å². The van der Waals surface area contributed by atoms with E-state index in [0.717, 1.165) is 29.3 Å². The summed E-state index contributed by atoms with van der Waals surface area (Å²) in [5, 5.41) is 2.99. The highest BCUT2D eigenvalue weighted by molar-refractivity contribution is 5.90. The highest BCUT2D eigenvalue weighted by Gasteiger charge is 2.16. The number of anilines is 1. The van der Waals surface area contributed by atoms with Crippen molar-refractivity contribution in [3.8, 4) is 11.3 Å². The van der Waals surface area contributed by atoms with Crippen LogP contribution in [0.15, 0.2) is 48.9 Å². The Morgan fingerprint density at radius 1 is 1.20 bits per heavy atom. The van der Waals surface area contributed by atoms with Gasteiger partial charge < -0.3 is 5.32 Å². The minimum Gasteiger partial charge on any atom is -0.326 e. The van der Waals surface area contributed by atoms with Gasteiger partial charge in [-0.25, -0.2) is 9.97 Å². The summed E-state index contributed by atoms with van der Waals surface area (Å²) in [6, 6.07) is 9.70. The molecule has 2 aromatic heterocycles. The maximum absolute atomic E-state index is 12.1. The zero-order valence-corrected chi connectivity index (χ0v) is 14.2. The number of fused-ring (bicyclic) bond motifs is 1. The predicted molar refractivity (Wildman–Crippen MR) is 98.2 cm³/mol. The fourth-order valence-electron chi connectivity index (χ4n) is 3.55. The molecule has 0 bridgehead atoms. The van der Waals surface area contributed by atoms with Gasteiger partial charge in [-0.2, -0.15) is 0 Å². The zero-order valence-electron chi connectivity index (χ0n) is 14.2. The Bertz CT molecular complexity index is 830. The molecular formula is C20H22N4O. The van der Waals surface area contributed by atoms with Crippen molar-refractivity contribution in [1.82, 2.24) is 14.4 Å². The van der Waals surface area contributed by atoms with Crippen LogP contribution in [0.2, 0.25) is 0 Å². The van der Waals surface area contributed by atoms with Gasteiger partial charge in [-0.15, -0.1) is 0 Å². The molecule has 0 unspecified atom stereocenters. The lowest BCUT2D eigenvalue weighted by Gasteiger charge is -2.09. The Morgan fingerprint density at radius 3 is 2.76 bits per heavy atom. The van der Waals surface area contributed by atoms with Gasteiger partial charge >= 0.3 is 0 Å². The van der Waals surface area contributed by atoms with Crippen molar-refractivity contribution >= 4 is 17.4 Å². The number of imidazole rings is 1. The summed E-state index contributed by atoms with van der Waals surface area (Å²) in [5.41, 5.74) is 2.72. The van der Waals surface area contributed by atoms with Crippen molar-refractivity contribution in [2.45, 2.75) is 38.5 Å². The molecule has 0 aliphatic heterocycles. The van der Waals surface area contributed by atoms with Crippen molar-refractivity contribution < 1.29 is 4.79 Å². The summed E-state index contributed by atoms with van der Waals surface area (Å²) in [6.45, 7) is 0. The number of benzene rings is 1. The van der Waals surface area contributed by atoms with Crippen LogP contribution >= 0.6 is 0 Å². The third-order valence-electron chi connectivity index (χ3n) is 4.95. The third kappa shape index (κ3) is 3.71. The fraction of sp³-hybridized carbons (Fsp3) is 0.350. The number of amides is 1. The largest absolute Gasteiger partial charge is 0.326 e. The molecule has 5 nitrogen and oxygen atoms in total. The van der Waals surface area contributed by atoms with Gasteiger partial charge in [0.05, 0.1) is 5.69 Å². The quantitative estimate of drug-likeness (QED) is 0.756. The van der Waals surface area contributed by atoms with Gasteiger partial charge in [0.2, 0.25) is 11.7 Å². The number of nitrogens with one attached hydrogen (secondary N) is 1. The number of rotatable bonds is 5. The molecule has 1 aromatic carbocycles. The minimum atomic E-state index is 0.108. The molecule has 1 N–H and O–H groups in total. The van der Waals surface area contributed by atoms with Gasteiger partial charge in [0.1, 0.15) is 0 Å². The number of aromatic nitrogens is 3. The van der Waals surface area contributed by atoms with Crippen LogP contribution in [-0.2, 0) is 4.79 Å². The Balaban J connectivity index is 1.38. The molecule has 3 aromatic rings. The first kappa shape index (κ1) is 15.8. The van der Waals surface area contributed by atoms with Gasteiger partial charge in [0.25, 0.3) is 0 Å². The molecule has 1 saturated carbocycles. The van der Waals surface area contributed by atoms with Crippen LogP contribution in [0.3, 0.4) is 0 Å². The highest BCUT2D eigenvalue weighted by Crippen LogP contribution is 2.28. The Hall–Kier alpha value is -2.69. The van der Waals surface area contributed by atoms with Crippen molar-refractivity contribution in [3.05, 3.63) is 48.9 Å². The van der Waals surface area contributed by atoms with Gasteiger partial charge in [0.15, 0.2) is 0 Å². The average Bonchev–Trinajstić information content (AvgIpc) is 3.30. The number of carbonyl (C=O) groups excluding carboxylic acids is 1. The SMILES string of the molecule is O=C(CCC1CCCC1)Nc1ccc(-c2cn3cccnc3n2)cc1. The molecule has 0 spiro atoms. The molecule has 1 aliphatic carbocycles. The molecular weight excluding hydrogens is 312 g/mol. The maximum Gasteiger partial charge on any atom is 0.234 e. The summed E-state index contributed by atoms with van der Waals surface area (Å²) in [7, 11) is 0. The first-order chi connectivity index (χ1) is 12.3. The van der Waals surface area contributed by atoms with Crippen molar-refractivity contribution in [2.75, 3.05) is 5.32 Å². The molecule has 2 heterocycles. The van der Waals surface area contributed by atoms with Crippen molar-refractivity contribution in [1.29, 1.82) is 0 Å². The maximum atomic E-state index is 12.1. The fourth-order valence-corrected chi connectivity index (χ4v) is 3.55. The smallest absolute Gasteiger partial charge is 0.234 e. The summed E-state index contributed by atoms with van der Waals surface area (Å²) in [5.74, 6) is 1.54.